The van der Waals surface area contributed by atoms with Crippen molar-refractivity contribution in [2.24, 2.45) is 0 Å². The molecule has 0 heterocycles. The first-order chi connectivity index (χ1) is 8.68. The van der Waals surface area contributed by atoms with Crippen LogP contribution in [0.1, 0.15) is 49.4 Å². The quantitative estimate of drug-likeness (QED) is 0.880. The van der Waals surface area contributed by atoms with Crippen molar-refractivity contribution in [1.29, 1.82) is 0 Å². The molecular weight excluding hydrogens is 238 g/mol. The summed E-state index contributed by atoms with van der Waals surface area (Å²) in [7, 11) is 1.65. The van der Waals surface area contributed by atoms with E-state index in [4.69, 9.17) is 0 Å². The monoisotopic (exact) mass is 263 g/mol. The van der Waals surface area contributed by atoms with Crippen LogP contribution in [0.4, 0.5) is 0 Å². The number of phenolic OH excluding ortho intramolecular Hbond substituents is 1. The van der Waals surface area contributed by atoms with Crippen molar-refractivity contribution in [3.8, 4) is 5.75 Å². The van der Waals surface area contributed by atoms with E-state index in [-0.39, 0.29) is 11.3 Å². The predicted octanol–water partition coefficient (Wildman–Crippen LogP) is 2.99. The van der Waals surface area contributed by atoms with Gasteiger partial charge in [0, 0.05) is 13.5 Å². The maximum Gasteiger partial charge on any atom is 0.220 e. The van der Waals surface area contributed by atoms with Gasteiger partial charge in [0.25, 0.3) is 0 Å². The van der Waals surface area contributed by atoms with Crippen LogP contribution in [-0.2, 0) is 16.6 Å². The molecule has 0 aromatic heterocycles. The van der Waals surface area contributed by atoms with Crippen LogP contribution in [0, 0.1) is 13.8 Å². The maximum atomic E-state index is 11.4. The normalized spacial score (nSPS) is 11.5. The van der Waals surface area contributed by atoms with E-state index in [0.717, 1.165) is 22.3 Å². The van der Waals surface area contributed by atoms with Gasteiger partial charge < -0.3 is 10.4 Å². The first kappa shape index (κ1) is 15.5. The highest BCUT2D eigenvalue weighted by molar-refractivity contribution is 5.75. The van der Waals surface area contributed by atoms with Crippen molar-refractivity contribution in [3.05, 3.63) is 28.3 Å². The Kier molecular flexibility index (Phi) is 4.61. The molecule has 3 nitrogen and oxygen atoms in total. The molecule has 0 spiro atoms. The van der Waals surface area contributed by atoms with E-state index in [9.17, 15) is 9.90 Å². The van der Waals surface area contributed by atoms with Gasteiger partial charge in [0.2, 0.25) is 5.91 Å². The minimum absolute atomic E-state index is 0.0439. The number of benzene rings is 1. The smallest absolute Gasteiger partial charge is 0.220 e. The maximum absolute atomic E-state index is 11.4. The molecule has 3 heteroatoms. The summed E-state index contributed by atoms with van der Waals surface area (Å²) < 4.78 is 0. The molecule has 0 saturated carbocycles. The van der Waals surface area contributed by atoms with Gasteiger partial charge in [-0.3, -0.25) is 4.79 Å². The van der Waals surface area contributed by atoms with Crippen molar-refractivity contribution < 1.29 is 9.90 Å². The van der Waals surface area contributed by atoms with Crippen molar-refractivity contribution in [2.75, 3.05) is 7.05 Å². The fourth-order valence-corrected chi connectivity index (χ4v) is 2.18. The summed E-state index contributed by atoms with van der Waals surface area (Å²) in [4.78, 5) is 11.4. The zero-order chi connectivity index (χ0) is 14.8. The first-order valence-electron chi connectivity index (χ1n) is 6.71. The Bertz CT molecular complexity index is 485. The van der Waals surface area contributed by atoms with E-state index in [1.807, 2.05) is 19.9 Å². The second-order valence-corrected chi connectivity index (χ2v) is 6.11. The molecule has 0 bridgehead atoms. The molecule has 1 amide bonds. The van der Waals surface area contributed by atoms with Crippen molar-refractivity contribution >= 4 is 5.91 Å². The number of rotatable bonds is 3. The van der Waals surface area contributed by atoms with Gasteiger partial charge in [-0.15, -0.1) is 0 Å². The standard InChI is InChI=1S/C16H25NO2/c1-10-11(2)15(19)13(16(3,4)5)9-12(10)7-8-14(18)17-6/h9,19H,7-8H2,1-6H3,(H,17,18). The Balaban J connectivity index is 3.19. The van der Waals surface area contributed by atoms with Crippen LogP contribution in [0.15, 0.2) is 6.07 Å². The summed E-state index contributed by atoms with van der Waals surface area (Å²) in [5, 5.41) is 12.9. The van der Waals surface area contributed by atoms with Crippen molar-refractivity contribution in [1.82, 2.24) is 5.32 Å². The molecule has 0 fully saturated rings. The van der Waals surface area contributed by atoms with Crippen LogP contribution in [0.5, 0.6) is 5.75 Å². The molecular formula is C16H25NO2. The van der Waals surface area contributed by atoms with E-state index >= 15 is 0 Å². The lowest BCUT2D eigenvalue weighted by Crippen LogP contribution is -2.18. The van der Waals surface area contributed by atoms with E-state index in [1.165, 1.54) is 0 Å². The van der Waals surface area contributed by atoms with Gasteiger partial charge in [-0.1, -0.05) is 26.8 Å². The molecule has 0 saturated heterocycles. The Morgan fingerprint density at radius 1 is 1.26 bits per heavy atom. The third-order valence-electron chi connectivity index (χ3n) is 3.68. The van der Waals surface area contributed by atoms with Crippen LogP contribution in [0.3, 0.4) is 0 Å². The van der Waals surface area contributed by atoms with Gasteiger partial charge in [-0.05, 0) is 47.9 Å². The lowest BCUT2D eigenvalue weighted by Gasteiger charge is -2.24. The number of aromatic hydroxyl groups is 1. The Labute approximate surface area is 116 Å². The molecule has 106 valence electrons. The predicted molar refractivity (Wildman–Crippen MR) is 78.7 cm³/mol. The largest absolute Gasteiger partial charge is 0.507 e. The van der Waals surface area contributed by atoms with E-state index in [1.54, 1.807) is 7.05 Å². The zero-order valence-electron chi connectivity index (χ0n) is 12.8. The SMILES string of the molecule is CNC(=O)CCc1cc(C(C)(C)C)c(O)c(C)c1C. The van der Waals surface area contributed by atoms with Gasteiger partial charge in [0.05, 0.1) is 0 Å². The van der Waals surface area contributed by atoms with Gasteiger partial charge in [0.1, 0.15) is 5.75 Å². The average molecular weight is 263 g/mol. The third kappa shape index (κ3) is 3.49. The molecule has 0 aliphatic carbocycles. The van der Waals surface area contributed by atoms with Gasteiger partial charge in [0.15, 0.2) is 0 Å². The summed E-state index contributed by atoms with van der Waals surface area (Å²) in [5.74, 6) is 0.427. The average Bonchev–Trinajstić information content (AvgIpc) is 2.33. The number of carbonyl (C=O) groups excluding carboxylic acids is 1. The summed E-state index contributed by atoms with van der Waals surface area (Å²) in [6.07, 6.45) is 1.18. The molecule has 2 N–H and O–H groups in total. The highest BCUT2D eigenvalue weighted by Gasteiger charge is 2.22. The van der Waals surface area contributed by atoms with E-state index < -0.39 is 0 Å². The van der Waals surface area contributed by atoms with Gasteiger partial charge >= 0.3 is 0 Å². The highest BCUT2D eigenvalue weighted by Crippen LogP contribution is 2.36. The number of hydrogen-bond donors (Lipinski definition) is 2. The highest BCUT2D eigenvalue weighted by atomic mass is 16.3. The number of phenols is 1. The summed E-state index contributed by atoms with van der Waals surface area (Å²) in [6, 6.07) is 2.04. The minimum Gasteiger partial charge on any atom is -0.507 e. The van der Waals surface area contributed by atoms with Crippen molar-refractivity contribution in [2.45, 2.75) is 52.9 Å². The fourth-order valence-electron chi connectivity index (χ4n) is 2.18. The van der Waals surface area contributed by atoms with Crippen LogP contribution in [0.2, 0.25) is 0 Å². The van der Waals surface area contributed by atoms with E-state index in [0.29, 0.717) is 18.6 Å². The molecule has 0 atom stereocenters. The lowest BCUT2D eigenvalue weighted by atomic mass is 9.82. The third-order valence-corrected chi connectivity index (χ3v) is 3.68. The van der Waals surface area contributed by atoms with Gasteiger partial charge in [-0.25, -0.2) is 0 Å². The second-order valence-electron chi connectivity index (χ2n) is 6.11. The fraction of sp³-hybridized carbons (Fsp3) is 0.562. The topological polar surface area (TPSA) is 49.3 Å². The number of amides is 1. The first-order valence-corrected chi connectivity index (χ1v) is 6.71. The second kappa shape index (κ2) is 5.64. The minimum atomic E-state index is -0.107. The Morgan fingerprint density at radius 2 is 1.84 bits per heavy atom. The molecule has 1 aromatic rings. The molecule has 19 heavy (non-hydrogen) atoms. The van der Waals surface area contributed by atoms with E-state index in [2.05, 4.69) is 26.1 Å². The molecule has 0 aliphatic heterocycles. The Hall–Kier alpha value is -1.51. The zero-order valence-corrected chi connectivity index (χ0v) is 12.8. The van der Waals surface area contributed by atoms with Crippen molar-refractivity contribution in [3.63, 3.8) is 0 Å². The Morgan fingerprint density at radius 3 is 2.32 bits per heavy atom. The number of nitrogens with one attached hydrogen (secondary N) is 1. The van der Waals surface area contributed by atoms with Crippen LogP contribution in [0.25, 0.3) is 0 Å². The van der Waals surface area contributed by atoms with Crippen LogP contribution in [-0.4, -0.2) is 18.1 Å². The molecule has 0 unspecified atom stereocenters. The summed E-state index contributed by atoms with van der Waals surface area (Å²) in [6.45, 7) is 10.2. The lowest BCUT2D eigenvalue weighted by molar-refractivity contribution is -0.120. The van der Waals surface area contributed by atoms with Gasteiger partial charge in [-0.2, -0.15) is 0 Å². The number of aryl methyl sites for hydroxylation is 1. The molecule has 1 aromatic carbocycles. The number of hydrogen-bond acceptors (Lipinski definition) is 2. The number of carbonyl (C=O) groups is 1. The molecule has 1 rings (SSSR count). The summed E-state index contributed by atoms with van der Waals surface area (Å²) >= 11 is 0. The molecule has 0 aliphatic rings. The van der Waals surface area contributed by atoms with Crippen LogP contribution < -0.4 is 5.32 Å². The van der Waals surface area contributed by atoms with Crippen LogP contribution >= 0.6 is 0 Å². The summed E-state index contributed by atoms with van der Waals surface area (Å²) in [5.41, 5.74) is 3.98. The molecule has 0 radical (unpaired) electrons.